The Morgan fingerprint density at radius 1 is 1.19 bits per heavy atom. The van der Waals surface area contributed by atoms with E-state index in [0.717, 1.165) is 16.9 Å². The van der Waals surface area contributed by atoms with Crippen LogP contribution in [0, 0.1) is 0 Å². The SMILES string of the molecule is CCC(=O)Nc1ccc(-c2csc(NC(=O)CN3CSCC3=O)n2)cc1. The van der Waals surface area contributed by atoms with Gasteiger partial charge in [-0.3, -0.25) is 14.4 Å². The molecule has 0 bridgehead atoms. The fraction of sp³-hybridized carbons (Fsp3) is 0.294. The van der Waals surface area contributed by atoms with Crippen LogP contribution < -0.4 is 10.6 Å². The summed E-state index contributed by atoms with van der Waals surface area (Å²) < 4.78 is 0. The highest BCUT2D eigenvalue weighted by Crippen LogP contribution is 2.26. The van der Waals surface area contributed by atoms with E-state index >= 15 is 0 Å². The van der Waals surface area contributed by atoms with Crippen LogP contribution in [0.2, 0.25) is 0 Å². The number of nitrogens with zero attached hydrogens (tertiary/aromatic N) is 2. The molecule has 3 rings (SSSR count). The Labute approximate surface area is 159 Å². The van der Waals surface area contributed by atoms with Crippen molar-refractivity contribution in [1.29, 1.82) is 0 Å². The zero-order valence-corrected chi connectivity index (χ0v) is 15.8. The number of nitrogens with one attached hydrogen (secondary N) is 2. The van der Waals surface area contributed by atoms with Crippen LogP contribution in [0.15, 0.2) is 29.6 Å². The van der Waals surface area contributed by atoms with Gasteiger partial charge in [-0.1, -0.05) is 19.1 Å². The monoisotopic (exact) mass is 390 g/mol. The number of aromatic nitrogens is 1. The minimum atomic E-state index is -0.251. The molecule has 0 spiro atoms. The third-order valence-corrected chi connectivity index (χ3v) is 5.40. The number of carbonyl (C=O) groups is 3. The first-order chi connectivity index (χ1) is 12.5. The van der Waals surface area contributed by atoms with Crippen LogP contribution in [-0.4, -0.2) is 45.8 Å². The van der Waals surface area contributed by atoms with Crippen molar-refractivity contribution in [3.05, 3.63) is 29.6 Å². The minimum Gasteiger partial charge on any atom is -0.326 e. The van der Waals surface area contributed by atoms with E-state index in [2.05, 4.69) is 15.6 Å². The predicted molar refractivity (Wildman–Crippen MR) is 104 cm³/mol. The average Bonchev–Trinajstić information content (AvgIpc) is 3.25. The fourth-order valence-corrected chi connectivity index (χ4v) is 3.95. The summed E-state index contributed by atoms with van der Waals surface area (Å²) in [6.07, 6.45) is 0.429. The summed E-state index contributed by atoms with van der Waals surface area (Å²) in [7, 11) is 0. The third-order valence-electron chi connectivity index (χ3n) is 3.70. The average molecular weight is 390 g/mol. The quantitative estimate of drug-likeness (QED) is 0.791. The summed E-state index contributed by atoms with van der Waals surface area (Å²) >= 11 is 2.83. The minimum absolute atomic E-state index is 0.0137. The van der Waals surface area contributed by atoms with Crippen LogP contribution >= 0.6 is 23.1 Å². The zero-order valence-electron chi connectivity index (χ0n) is 14.2. The molecule has 0 radical (unpaired) electrons. The van der Waals surface area contributed by atoms with E-state index in [-0.39, 0.29) is 24.3 Å². The normalized spacial score (nSPS) is 13.7. The number of carbonyl (C=O) groups excluding carboxylic acids is 3. The second-order valence-corrected chi connectivity index (χ2v) is 7.45. The van der Waals surface area contributed by atoms with Gasteiger partial charge in [0.25, 0.3) is 0 Å². The largest absolute Gasteiger partial charge is 0.326 e. The Morgan fingerprint density at radius 2 is 1.96 bits per heavy atom. The Morgan fingerprint density at radius 3 is 2.62 bits per heavy atom. The Kier molecular flexibility index (Phi) is 5.89. The maximum absolute atomic E-state index is 12.0. The number of thioether (sulfide) groups is 1. The van der Waals surface area contributed by atoms with Crippen LogP contribution in [0.25, 0.3) is 11.3 Å². The van der Waals surface area contributed by atoms with Crippen molar-refractivity contribution < 1.29 is 14.4 Å². The van der Waals surface area contributed by atoms with Crippen LogP contribution in [0.5, 0.6) is 0 Å². The predicted octanol–water partition coefficient (Wildman–Crippen LogP) is 2.63. The molecule has 0 atom stereocenters. The molecule has 1 saturated heterocycles. The van der Waals surface area contributed by atoms with Crippen LogP contribution in [0.1, 0.15) is 13.3 Å². The maximum atomic E-state index is 12.0. The maximum Gasteiger partial charge on any atom is 0.245 e. The summed E-state index contributed by atoms with van der Waals surface area (Å²) in [6.45, 7) is 1.85. The number of amides is 3. The van der Waals surface area contributed by atoms with E-state index in [1.807, 2.05) is 29.6 Å². The Balaban J connectivity index is 1.59. The number of hydrogen-bond acceptors (Lipinski definition) is 6. The van der Waals surface area contributed by atoms with Gasteiger partial charge in [0.15, 0.2) is 5.13 Å². The molecule has 3 amide bonds. The lowest BCUT2D eigenvalue weighted by molar-refractivity contribution is -0.130. The van der Waals surface area contributed by atoms with Gasteiger partial charge < -0.3 is 15.5 Å². The van der Waals surface area contributed by atoms with Crippen LogP contribution in [0.4, 0.5) is 10.8 Å². The molecule has 1 fully saturated rings. The number of anilines is 2. The van der Waals surface area contributed by atoms with Crippen molar-refractivity contribution in [2.75, 3.05) is 28.8 Å². The molecular weight excluding hydrogens is 372 g/mol. The highest BCUT2D eigenvalue weighted by molar-refractivity contribution is 8.00. The van der Waals surface area contributed by atoms with Gasteiger partial charge >= 0.3 is 0 Å². The fourth-order valence-electron chi connectivity index (χ4n) is 2.31. The molecule has 0 unspecified atom stereocenters. The smallest absolute Gasteiger partial charge is 0.245 e. The van der Waals surface area contributed by atoms with E-state index in [1.165, 1.54) is 28.0 Å². The Hall–Kier alpha value is -2.39. The molecule has 7 nitrogen and oxygen atoms in total. The van der Waals surface area contributed by atoms with Gasteiger partial charge in [0.05, 0.1) is 17.3 Å². The molecule has 26 heavy (non-hydrogen) atoms. The van der Waals surface area contributed by atoms with Gasteiger partial charge in [-0.25, -0.2) is 4.98 Å². The van der Waals surface area contributed by atoms with Gasteiger partial charge in [-0.2, -0.15) is 0 Å². The highest BCUT2D eigenvalue weighted by Gasteiger charge is 2.23. The molecule has 2 heterocycles. The van der Waals surface area contributed by atoms with Crippen LogP contribution in [-0.2, 0) is 14.4 Å². The first-order valence-corrected chi connectivity index (χ1v) is 10.1. The highest BCUT2D eigenvalue weighted by atomic mass is 32.2. The van der Waals surface area contributed by atoms with E-state index in [1.54, 1.807) is 6.92 Å². The van der Waals surface area contributed by atoms with E-state index in [9.17, 15) is 14.4 Å². The lowest BCUT2D eigenvalue weighted by Gasteiger charge is -2.13. The molecule has 1 aromatic carbocycles. The molecule has 1 aliphatic rings. The summed E-state index contributed by atoms with van der Waals surface area (Å²) in [4.78, 5) is 40.9. The lowest BCUT2D eigenvalue weighted by atomic mass is 10.1. The number of thiazole rings is 1. The second kappa shape index (κ2) is 8.33. The molecule has 0 aliphatic carbocycles. The molecular formula is C17H18N4O3S2. The van der Waals surface area contributed by atoms with Crippen molar-refractivity contribution in [2.45, 2.75) is 13.3 Å². The number of hydrogen-bond donors (Lipinski definition) is 2. The van der Waals surface area contributed by atoms with Crippen LogP contribution in [0.3, 0.4) is 0 Å². The summed E-state index contributed by atoms with van der Waals surface area (Å²) in [5, 5.41) is 7.87. The van der Waals surface area contributed by atoms with Gasteiger partial charge in [0.2, 0.25) is 17.7 Å². The first-order valence-electron chi connectivity index (χ1n) is 8.06. The molecule has 1 aromatic heterocycles. The van der Waals surface area contributed by atoms with Gasteiger partial charge in [0.1, 0.15) is 6.54 Å². The van der Waals surface area contributed by atoms with Gasteiger partial charge in [-0.05, 0) is 12.1 Å². The summed E-state index contributed by atoms with van der Waals surface area (Å²) in [5.74, 6) is 0.686. The van der Waals surface area contributed by atoms with Gasteiger partial charge in [0, 0.05) is 23.1 Å². The molecule has 2 N–H and O–H groups in total. The second-order valence-electron chi connectivity index (χ2n) is 5.63. The van der Waals surface area contributed by atoms with Crippen molar-refractivity contribution in [3.63, 3.8) is 0 Å². The summed E-state index contributed by atoms with van der Waals surface area (Å²) in [6, 6.07) is 7.37. The van der Waals surface area contributed by atoms with Gasteiger partial charge in [-0.15, -0.1) is 23.1 Å². The standard InChI is InChI=1S/C17H18N4O3S2/c1-2-14(22)18-12-5-3-11(4-6-12)13-8-26-17(19-13)20-15(23)7-21-10-25-9-16(21)24/h3-6,8H,2,7,9-10H2,1H3,(H,18,22)(H,19,20,23). The molecule has 0 saturated carbocycles. The molecule has 9 heteroatoms. The van der Waals surface area contributed by atoms with Crippen molar-refractivity contribution in [3.8, 4) is 11.3 Å². The number of rotatable bonds is 6. The summed E-state index contributed by atoms with van der Waals surface area (Å²) in [5.41, 5.74) is 2.37. The topological polar surface area (TPSA) is 91.4 Å². The van der Waals surface area contributed by atoms with Crippen molar-refractivity contribution in [1.82, 2.24) is 9.88 Å². The van der Waals surface area contributed by atoms with E-state index in [4.69, 9.17) is 0 Å². The van der Waals surface area contributed by atoms with E-state index in [0.29, 0.717) is 23.2 Å². The van der Waals surface area contributed by atoms with Crippen molar-refractivity contribution >= 4 is 51.6 Å². The van der Waals surface area contributed by atoms with E-state index < -0.39 is 0 Å². The zero-order chi connectivity index (χ0) is 18.5. The first kappa shape index (κ1) is 18.4. The number of benzene rings is 1. The van der Waals surface area contributed by atoms with Crippen molar-refractivity contribution in [2.24, 2.45) is 0 Å². The molecule has 136 valence electrons. The third kappa shape index (κ3) is 4.61. The molecule has 2 aromatic rings. The molecule has 1 aliphatic heterocycles. The lowest BCUT2D eigenvalue weighted by Crippen LogP contribution is -2.34. The Bertz CT molecular complexity index is 820.